The highest BCUT2D eigenvalue weighted by Crippen LogP contribution is 2.19. The van der Waals surface area contributed by atoms with Gasteiger partial charge in [0.1, 0.15) is 5.75 Å². The van der Waals surface area contributed by atoms with Crippen molar-refractivity contribution in [1.29, 1.82) is 0 Å². The van der Waals surface area contributed by atoms with Crippen LogP contribution < -0.4 is 10.1 Å². The second-order valence-electron chi connectivity index (χ2n) is 3.96. The molecule has 0 fully saturated rings. The zero-order valence-corrected chi connectivity index (χ0v) is 10.3. The second kappa shape index (κ2) is 6.91. The minimum Gasteiger partial charge on any atom is -0.482 e. The number of hydrogen-bond donors (Lipinski definition) is 2. The molecule has 0 heterocycles. The lowest BCUT2D eigenvalue weighted by Crippen LogP contribution is -2.14. The van der Waals surface area contributed by atoms with Gasteiger partial charge in [0.05, 0.1) is 0 Å². The van der Waals surface area contributed by atoms with Crippen molar-refractivity contribution in [2.75, 3.05) is 13.2 Å². The number of carboxylic acids is 1. The first-order valence-corrected chi connectivity index (χ1v) is 5.78. The predicted octanol–water partition coefficient (Wildman–Crippen LogP) is 1.96. The lowest BCUT2D eigenvalue weighted by atomic mass is 10.1. The summed E-state index contributed by atoms with van der Waals surface area (Å²) in [5.74, 6) is -0.329. The topological polar surface area (TPSA) is 58.6 Å². The fraction of sp³-hybridized carbons (Fsp3) is 0.462. The molecular formula is C13H19NO3. The minimum atomic E-state index is -0.960. The molecule has 2 N–H and O–H groups in total. The summed E-state index contributed by atoms with van der Waals surface area (Å²) >= 11 is 0. The summed E-state index contributed by atoms with van der Waals surface area (Å²) in [6, 6.07) is 5.79. The van der Waals surface area contributed by atoms with E-state index in [4.69, 9.17) is 9.84 Å². The molecule has 0 aliphatic carbocycles. The van der Waals surface area contributed by atoms with Gasteiger partial charge < -0.3 is 15.2 Å². The zero-order chi connectivity index (χ0) is 12.7. The van der Waals surface area contributed by atoms with Crippen molar-refractivity contribution in [3.05, 3.63) is 29.3 Å². The summed E-state index contributed by atoms with van der Waals surface area (Å²) < 4.78 is 5.16. The fourth-order valence-electron chi connectivity index (χ4n) is 1.53. The van der Waals surface area contributed by atoms with E-state index in [1.807, 2.05) is 25.1 Å². The van der Waals surface area contributed by atoms with E-state index in [9.17, 15) is 4.79 Å². The van der Waals surface area contributed by atoms with Gasteiger partial charge >= 0.3 is 5.97 Å². The number of rotatable bonds is 7. The van der Waals surface area contributed by atoms with Crippen LogP contribution in [0.4, 0.5) is 0 Å². The first kappa shape index (κ1) is 13.5. The molecule has 0 aromatic heterocycles. The summed E-state index contributed by atoms with van der Waals surface area (Å²) in [7, 11) is 0. The Balaban J connectivity index is 2.56. The number of carbonyl (C=O) groups is 1. The van der Waals surface area contributed by atoms with Crippen molar-refractivity contribution in [2.45, 2.75) is 26.8 Å². The number of ether oxygens (including phenoxy) is 1. The van der Waals surface area contributed by atoms with Gasteiger partial charge in [-0.05, 0) is 37.1 Å². The van der Waals surface area contributed by atoms with Gasteiger partial charge in [0.2, 0.25) is 0 Å². The maximum absolute atomic E-state index is 10.4. The van der Waals surface area contributed by atoms with E-state index in [-0.39, 0.29) is 6.61 Å². The summed E-state index contributed by atoms with van der Waals surface area (Å²) in [6.07, 6.45) is 1.11. The Morgan fingerprint density at radius 3 is 2.82 bits per heavy atom. The third-order valence-corrected chi connectivity index (χ3v) is 2.35. The van der Waals surface area contributed by atoms with Gasteiger partial charge in [-0.2, -0.15) is 0 Å². The van der Waals surface area contributed by atoms with Gasteiger partial charge in [-0.15, -0.1) is 0 Å². The number of hydrogen-bond acceptors (Lipinski definition) is 3. The molecule has 0 saturated heterocycles. The Hall–Kier alpha value is -1.55. The monoisotopic (exact) mass is 237 g/mol. The molecule has 1 aromatic rings. The van der Waals surface area contributed by atoms with Gasteiger partial charge in [-0.3, -0.25) is 0 Å². The molecule has 0 amide bonds. The number of nitrogens with one attached hydrogen (secondary N) is 1. The molecule has 0 radical (unpaired) electrons. The normalized spacial score (nSPS) is 10.2. The lowest BCUT2D eigenvalue weighted by molar-refractivity contribution is -0.139. The maximum atomic E-state index is 10.4. The van der Waals surface area contributed by atoms with Crippen molar-refractivity contribution >= 4 is 5.97 Å². The van der Waals surface area contributed by atoms with Gasteiger partial charge in [0.25, 0.3) is 0 Å². The van der Waals surface area contributed by atoms with Crippen LogP contribution in [0.2, 0.25) is 0 Å². The highest BCUT2D eigenvalue weighted by molar-refractivity contribution is 5.68. The molecule has 17 heavy (non-hydrogen) atoms. The minimum absolute atomic E-state index is 0.297. The van der Waals surface area contributed by atoms with Crippen LogP contribution in [0.25, 0.3) is 0 Å². The molecule has 1 aromatic carbocycles. The zero-order valence-electron chi connectivity index (χ0n) is 10.3. The van der Waals surface area contributed by atoms with E-state index >= 15 is 0 Å². The molecular weight excluding hydrogens is 218 g/mol. The molecule has 0 atom stereocenters. The average Bonchev–Trinajstić information content (AvgIpc) is 2.28. The Labute approximate surface area is 102 Å². The van der Waals surface area contributed by atoms with Crippen LogP contribution in [0.3, 0.4) is 0 Å². The fourth-order valence-corrected chi connectivity index (χ4v) is 1.53. The van der Waals surface area contributed by atoms with E-state index in [0.717, 1.165) is 25.1 Å². The molecule has 4 heteroatoms. The summed E-state index contributed by atoms with van der Waals surface area (Å²) in [5.41, 5.74) is 2.14. The van der Waals surface area contributed by atoms with Crippen molar-refractivity contribution in [2.24, 2.45) is 0 Å². The van der Waals surface area contributed by atoms with E-state index in [1.54, 1.807) is 0 Å². The Morgan fingerprint density at radius 1 is 1.47 bits per heavy atom. The standard InChI is InChI=1S/C13H19NO3/c1-3-6-14-8-11-4-5-12(10(2)7-11)17-9-13(15)16/h4-5,7,14H,3,6,8-9H2,1-2H3,(H,15,16). The molecule has 0 spiro atoms. The van der Waals surface area contributed by atoms with E-state index < -0.39 is 5.97 Å². The Bertz CT molecular complexity index is 377. The number of carboxylic acid groups (broad SMARTS) is 1. The Kier molecular flexibility index (Phi) is 5.49. The first-order valence-electron chi connectivity index (χ1n) is 5.78. The van der Waals surface area contributed by atoms with Gasteiger partial charge in [-0.25, -0.2) is 4.79 Å². The molecule has 1 rings (SSSR count). The smallest absolute Gasteiger partial charge is 0.341 e. The number of aliphatic carboxylic acids is 1. The molecule has 4 nitrogen and oxygen atoms in total. The van der Waals surface area contributed by atoms with Crippen LogP contribution in [-0.4, -0.2) is 24.2 Å². The van der Waals surface area contributed by atoms with Crippen molar-refractivity contribution in [1.82, 2.24) is 5.32 Å². The van der Waals surface area contributed by atoms with Gasteiger partial charge in [-0.1, -0.05) is 19.1 Å². The molecule has 0 aliphatic rings. The van der Waals surface area contributed by atoms with Crippen LogP contribution in [0.5, 0.6) is 5.75 Å². The van der Waals surface area contributed by atoms with Gasteiger partial charge in [0.15, 0.2) is 6.61 Å². The van der Waals surface area contributed by atoms with Crippen molar-refractivity contribution < 1.29 is 14.6 Å². The molecule has 0 saturated carbocycles. The van der Waals surface area contributed by atoms with E-state index in [0.29, 0.717) is 5.75 Å². The van der Waals surface area contributed by atoms with Crippen LogP contribution in [0, 0.1) is 6.92 Å². The highest BCUT2D eigenvalue weighted by Gasteiger charge is 2.03. The highest BCUT2D eigenvalue weighted by atomic mass is 16.5. The Morgan fingerprint density at radius 2 is 2.24 bits per heavy atom. The van der Waals surface area contributed by atoms with E-state index in [2.05, 4.69) is 12.2 Å². The van der Waals surface area contributed by atoms with Crippen LogP contribution in [-0.2, 0) is 11.3 Å². The first-order chi connectivity index (χ1) is 8.13. The summed E-state index contributed by atoms with van der Waals surface area (Å²) in [6.45, 7) is 5.57. The summed E-state index contributed by atoms with van der Waals surface area (Å²) in [5, 5.41) is 11.8. The predicted molar refractivity (Wildman–Crippen MR) is 66.3 cm³/mol. The van der Waals surface area contributed by atoms with Crippen LogP contribution >= 0.6 is 0 Å². The molecule has 0 bridgehead atoms. The number of aryl methyl sites for hydroxylation is 1. The van der Waals surface area contributed by atoms with Crippen LogP contribution in [0.1, 0.15) is 24.5 Å². The van der Waals surface area contributed by atoms with E-state index in [1.165, 1.54) is 5.56 Å². The van der Waals surface area contributed by atoms with Crippen molar-refractivity contribution in [3.63, 3.8) is 0 Å². The maximum Gasteiger partial charge on any atom is 0.341 e. The molecule has 0 aliphatic heterocycles. The third kappa shape index (κ3) is 4.87. The third-order valence-electron chi connectivity index (χ3n) is 2.35. The van der Waals surface area contributed by atoms with Crippen LogP contribution in [0.15, 0.2) is 18.2 Å². The largest absolute Gasteiger partial charge is 0.482 e. The average molecular weight is 237 g/mol. The lowest BCUT2D eigenvalue weighted by Gasteiger charge is -2.09. The SMILES string of the molecule is CCCNCc1ccc(OCC(=O)O)c(C)c1. The van der Waals surface area contributed by atoms with Gasteiger partial charge in [0, 0.05) is 6.54 Å². The van der Waals surface area contributed by atoms with Crippen molar-refractivity contribution in [3.8, 4) is 5.75 Å². The second-order valence-corrected chi connectivity index (χ2v) is 3.96. The molecule has 94 valence electrons. The quantitative estimate of drug-likeness (QED) is 0.712. The molecule has 0 unspecified atom stereocenters. The summed E-state index contributed by atoms with van der Waals surface area (Å²) in [4.78, 5) is 10.4. The number of benzene rings is 1.